The largest absolute Gasteiger partial charge is 1.00 e. The van der Waals surface area contributed by atoms with Crippen molar-refractivity contribution >= 4 is 11.6 Å². The van der Waals surface area contributed by atoms with Gasteiger partial charge in [0.2, 0.25) is 5.91 Å². The van der Waals surface area contributed by atoms with E-state index in [-0.39, 0.29) is 75.4 Å². The number of rotatable bonds is 8. The van der Waals surface area contributed by atoms with Crippen LogP contribution < -0.4 is 56.7 Å². The summed E-state index contributed by atoms with van der Waals surface area (Å²) >= 11 is 0. The molecule has 0 bridgehead atoms. The number of hydrogen-bond donors (Lipinski definition) is 1. The summed E-state index contributed by atoms with van der Waals surface area (Å²) in [6.07, 6.45) is 3.23. The first-order valence-electron chi connectivity index (χ1n) is 12.9. The zero-order chi connectivity index (χ0) is 27.4. The third-order valence-corrected chi connectivity index (χ3v) is 7.02. The van der Waals surface area contributed by atoms with E-state index in [0.717, 1.165) is 24.6 Å². The number of likely N-dealkylation sites (tertiary alicyclic amines) is 1. The van der Waals surface area contributed by atoms with Crippen LogP contribution in [0.4, 0.5) is 18.9 Å². The zero-order valence-corrected chi connectivity index (χ0v) is 25.3. The number of carbonyl (C=O) groups excluding carboxylic acids is 1. The molecule has 2 N–H and O–H groups in total. The number of nitrogens with zero attached hydrogens (tertiary/aromatic N) is 2. The maximum atomic E-state index is 14.1. The fourth-order valence-corrected chi connectivity index (χ4v) is 5.21. The average Bonchev–Trinajstić information content (AvgIpc) is 3.38. The Morgan fingerprint density at radius 1 is 0.975 bits per heavy atom. The van der Waals surface area contributed by atoms with Gasteiger partial charge in [0.15, 0.2) is 0 Å². The summed E-state index contributed by atoms with van der Waals surface area (Å²) in [5.74, 6) is -2.26. The molecule has 5 nitrogen and oxygen atoms in total. The monoisotopic (exact) mass is 568 g/mol. The summed E-state index contributed by atoms with van der Waals surface area (Å²) in [7, 11) is 0. The Labute approximate surface area is 274 Å². The normalized spacial score (nSPS) is 15.8. The molecule has 40 heavy (non-hydrogen) atoms. The number of halogens is 3. The van der Waals surface area contributed by atoms with Crippen molar-refractivity contribution in [1.29, 1.82) is 0 Å². The predicted octanol–water partition coefficient (Wildman–Crippen LogP) is 3.92. The van der Waals surface area contributed by atoms with Gasteiger partial charge in [0.05, 0.1) is 17.8 Å². The summed E-state index contributed by atoms with van der Waals surface area (Å²) in [5.41, 5.74) is 10.7. The molecule has 2 atom stereocenters. The zero-order valence-electron chi connectivity index (χ0n) is 22.2. The Hall–Kier alpha value is -2.53. The molecule has 5 rings (SSSR count). The number of pyridine rings is 1. The SMILES string of the molecule is [K+].[NH-]c1cc(-c2cccnc2C(Cc2cc(F)cc(F)c2)NC(=O)C2CCCN2Cc2ccccc2)ccc1F. The summed E-state index contributed by atoms with van der Waals surface area (Å²) in [5, 5.41) is 3.11. The summed E-state index contributed by atoms with van der Waals surface area (Å²) in [6, 6.07) is 19.8. The quantitative estimate of drug-likeness (QED) is 0.328. The van der Waals surface area contributed by atoms with E-state index in [2.05, 4.69) is 15.2 Å². The van der Waals surface area contributed by atoms with E-state index in [9.17, 15) is 18.0 Å². The molecule has 2 heterocycles. The second-order valence-electron chi connectivity index (χ2n) is 9.79. The molecule has 1 amide bonds. The molecular weight excluding hydrogens is 540 g/mol. The van der Waals surface area contributed by atoms with Gasteiger partial charge in [-0.3, -0.25) is 14.7 Å². The molecule has 1 saturated heterocycles. The van der Waals surface area contributed by atoms with Gasteiger partial charge < -0.3 is 11.1 Å². The van der Waals surface area contributed by atoms with Gasteiger partial charge in [-0.2, -0.15) is 0 Å². The van der Waals surface area contributed by atoms with Crippen molar-refractivity contribution < 1.29 is 69.4 Å². The molecule has 2 unspecified atom stereocenters. The van der Waals surface area contributed by atoms with Crippen LogP contribution in [0.5, 0.6) is 0 Å². The van der Waals surface area contributed by atoms with Crippen molar-refractivity contribution in [3.8, 4) is 11.1 Å². The van der Waals surface area contributed by atoms with E-state index in [0.29, 0.717) is 35.3 Å². The van der Waals surface area contributed by atoms with Gasteiger partial charge in [-0.15, -0.1) is 5.69 Å². The number of carbonyl (C=O) groups is 1. The molecule has 0 radical (unpaired) electrons. The van der Waals surface area contributed by atoms with E-state index in [1.807, 2.05) is 30.3 Å². The molecule has 1 fully saturated rings. The molecule has 200 valence electrons. The van der Waals surface area contributed by atoms with Gasteiger partial charge in [0.25, 0.3) is 0 Å². The van der Waals surface area contributed by atoms with Crippen LogP contribution >= 0.6 is 0 Å². The van der Waals surface area contributed by atoms with Crippen LogP contribution in [0.2, 0.25) is 0 Å². The Kier molecular flexibility index (Phi) is 10.6. The predicted molar refractivity (Wildman–Crippen MR) is 144 cm³/mol. The van der Waals surface area contributed by atoms with Crippen LogP contribution in [-0.2, 0) is 17.8 Å². The second kappa shape index (κ2) is 13.9. The fraction of sp³-hybridized carbons (Fsp3) is 0.226. The first-order valence-corrected chi connectivity index (χ1v) is 12.9. The van der Waals surface area contributed by atoms with Gasteiger partial charge >= 0.3 is 51.4 Å². The van der Waals surface area contributed by atoms with Gasteiger partial charge in [-0.1, -0.05) is 48.5 Å². The summed E-state index contributed by atoms with van der Waals surface area (Å²) < 4.78 is 42.0. The third kappa shape index (κ3) is 7.40. The van der Waals surface area contributed by atoms with Crippen molar-refractivity contribution in [1.82, 2.24) is 15.2 Å². The number of nitrogens with one attached hydrogen (secondary N) is 2. The minimum atomic E-state index is -0.728. The number of aromatic nitrogens is 1. The van der Waals surface area contributed by atoms with Crippen LogP contribution in [0.1, 0.15) is 35.7 Å². The Balaban J connectivity index is 0.00000370. The molecule has 3 aromatic carbocycles. The standard InChI is InChI=1S/C31H28F3N4O.K/c32-23-14-21(15-24(33)18-23)16-28(30-25(8-4-12-36-30)22-10-11-26(34)27(35)17-22)37-31(39)29-9-5-13-38(29)19-20-6-2-1-3-7-20;/h1-4,6-8,10-12,14-15,17-18,28-29,35H,5,9,13,16,19H2,(H,37,39);/q-1;+1. The molecular formula is C31H28F3KN4O. The molecule has 0 aliphatic carbocycles. The van der Waals surface area contributed by atoms with Crippen LogP contribution in [-0.4, -0.2) is 28.4 Å². The maximum absolute atomic E-state index is 14.1. The van der Waals surface area contributed by atoms with Gasteiger partial charge in [-0.25, -0.2) is 13.2 Å². The molecule has 4 aromatic rings. The molecule has 1 aromatic heterocycles. The molecule has 0 saturated carbocycles. The first kappa shape index (κ1) is 30.4. The van der Waals surface area contributed by atoms with Gasteiger partial charge in [-0.05, 0) is 66.8 Å². The number of benzene rings is 3. The van der Waals surface area contributed by atoms with Crippen molar-refractivity contribution in [3.05, 3.63) is 125 Å². The van der Waals surface area contributed by atoms with Crippen LogP contribution in [0.15, 0.2) is 85.1 Å². The fourth-order valence-electron chi connectivity index (χ4n) is 5.21. The number of hydrogen-bond acceptors (Lipinski definition) is 3. The van der Waals surface area contributed by atoms with Crippen molar-refractivity contribution in [2.45, 2.75) is 37.9 Å². The molecule has 1 aliphatic rings. The van der Waals surface area contributed by atoms with E-state index in [4.69, 9.17) is 5.73 Å². The summed E-state index contributed by atoms with van der Waals surface area (Å²) in [4.78, 5) is 20.4. The molecule has 1 aliphatic heterocycles. The van der Waals surface area contributed by atoms with E-state index in [1.54, 1.807) is 24.4 Å². The van der Waals surface area contributed by atoms with Crippen molar-refractivity contribution in [2.75, 3.05) is 6.54 Å². The number of amides is 1. The Morgan fingerprint density at radius 2 is 1.73 bits per heavy atom. The minimum Gasteiger partial charge on any atom is -0.696 e. The average molecular weight is 569 g/mol. The van der Waals surface area contributed by atoms with E-state index >= 15 is 0 Å². The maximum Gasteiger partial charge on any atom is 1.00 e. The van der Waals surface area contributed by atoms with Crippen LogP contribution in [0, 0.1) is 17.5 Å². The van der Waals surface area contributed by atoms with E-state index in [1.165, 1.54) is 24.3 Å². The second-order valence-corrected chi connectivity index (χ2v) is 9.79. The van der Waals surface area contributed by atoms with Crippen LogP contribution in [0.3, 0.4) is 0 Å². The molecule has 0 spiro atoms. The van der Waals surface area contributed by atoms with Gasteiger partial charge in [0.1, 0.15) is 17.5 Å². The van der Waals surface area contributed by atoms with Crippen LogP contribution in [0.25, 0.3) is 16.9 Å². The smallest absolute Gasteiger partial charge is 0.696 e. The molecule has 9 heteroatoms. The summed E-state index contributed by atoms with van der Waals surface area (Å²) in [6.45, 7) is 1.42. The Bertz CT molecular complexity index is 1450. The Morgan fingerprint density at radius 3 is 2.45 bits per heavy atom. The topological polar surface area (TPSA) is 69.0 Å². The van der Waals surface area contributed by atoms with Crippen molar-refractivity contribution in [3.63, 3.8) is 0 Å². The third-order valence-electron chi connectivity index (χ3n) is 7.02. The van der Waals surface area contributed by atoms with E-state index < -0.39 is 23.5 Å². The minimum absolute atomic E-state index is 0. The first-order chi connectivity index (χ1) is 18.9. The van der Waals surface area contributed by atoms with Gasteiger partial charge in [0, 0.05) is 24.4 Å². The van der Waals surface area contributed by atoms with Crippen molar-refractivity contribution in [2.24, 2.45) is 0 Å².